The maximum Gasteiger partial charge on any atom is 0.255 e. The normalized spacial score (nSPS) is 10.3. The van der Waals surface area contributed by atoms with Crippen LogP contribution >= 0.6 is 0 Å². The van der Waals surface area contributed by atoms with E-state index in [2.05, 4.69) is 17.6 Å². The SMILES string of the molecule is CCNCc1ccccc1NC(=O)c1cccc(N(C)C)c1. The summed E-state index contributed by atoms with van der Waals surface area (Å²) < 4.78 is 0. The van der Waals surface area contributed by atoms with Crippen molar-refractivity contribution in [2.24, 2.45) is 0 Å². The predicted molar refractivity (Wildman–Crippen MR) is 92.5 cm³/mol. The van der Waals surface area contributed by atoms with E-state index in [4.69, 9.17) is 0 Å². The van der Waals surface area contributed by atoms with Gasteiger partial charge >= 0.3 is 0 Å². The Hall–Kier alpha value is -2.33. The number of carbonyl (C=O) groups excluding carboxylic acids is 1. The molecular weight excluding hydrogens is 274 g/mol. The summed E-state index contributed by atoms with van der Waals surface area (Å²) in [5.74, 6) is -0.0901. The van der Waals surface area contributed by atoms with Gasteiger partial charge in [0.25, 0.3) is 5.91 Å². The summed E-state index contributed by atoms with van der Waals surface area (Å²) in [6, 6.07) is 15.5. The first-order chi connectivity index (χ1) is 10.6. The van der Waals surface area contributed by atoms with E-state index < -0.39 is 0 Å². The molecule has 0 aliphatic rings. The van der Waals surface area contributed by atoms with Crippen LogP contribution in [-0.4, -0.2) is 26.5 Å². The quantitative estimate of drug-likeness (QED) is 0.861. The Balaban J connectivity index is 2.17. The van der Waals surface area contributed by atoms with E-state index in [0.717, 1.165) is 30.0 Å². The van der Waals surface area contributed by atoms with E-state index in [1.807, 2.05) is 67.5 Å². The molecule has 2 aromatic carbocycles. The van der Waals surface area contributed by atoms with Crippen LogP contribution in [0.2, 0.25) is 0 Å². The van der Waals surface area contributed by atoms with Crippen molar-refractivity contribution >= 4 is 17.3 Å². The molecule has 4 heteroatoms. The van der Waals surface area contributed by atoms with Crippen LogP contribution in [0.25, 0.3) is 0 Å². The highest BCUT2D eigenvalue weighted by Crippen LogP contribution is 2.18. The topological polar surface area (TPSA) is 44.4 Å². The summed E-state index contributed by atoms with van der Waals surface area (Å²) in [6.45, 7) is 3.70. The average Bonchev–Trinajstić information content (AvgIpc) is 2.54. The lowest BCUT2D eigenvalue weighted by molar-refractivity contribution is 0.102. The Morgan fingerprint density at radius 3 is 2.59 bits per heavy atom. The molecule has 0 atom stereocenters. The third kappa shape index (κ3) is 4.09. The smallest absolute Gasteiger partial charge is 0.255 e. The van der Waals surface area contributed by atoms with Crippen molar-refractivity contribution in [1.29, 1.82) is 0 Å². The second kappa shape index (κ2) is 7.61. The zero-order valence-electron chi connectivity index (χ0n) is 13.4. The van der Waals surface area contributed by atoms with Crippen LogP contribution in [0.15, 0.2) is 48.5 Å². The van der Waals surface area contributed by atoms with Crippen LogP contribution in [-0.2, 0) is 6.54 Å². The van der Waals surface area contributed by atoms with Crippen LogP contribution in [0.3, 0.4) is 0 Å². The zero-order chi connectivity index (χ0) is 15.9. The van der Waals surface area contributed by atoms with Gasteiger partial charge in [-0.25, -0.2) is 0 Å². The van der Waals surface area contributed by atoms with Crippen LogP contribution in [0.1, 0.15) is 22.8 Å². The van der Waals surface area contributed by atoms with Gasteiger partial charge in [-0.3, -0.25) is 4.79 Å². The molecule has 0 bridgehead atoms. The third-order valence-electron chi connectivity index (χ3n) is 3.46. The molecule has 2 rings (SSSR count). The molecule has 0 fully saturated rings. The summed E-state index contributed by atoms with van der Waals surface area (Å²) in [4.78, 5) is 14.4. The maximum atomic E-state index is 12.5. The summed E-state index contributed by atoms with van der Waals surface area (Å²) in [5, 5.41) is 6.29. The predicted octanol–water partition coefficient (Wildman–Crippen LogP) is 3.11. The molecule has 2 aromatic rings. The van der Waals surface area contributed by atoms with Gasteiger partial charge in [-0.1, -0.05) is 31.2 Å². The molecule has 0 unspecified atom stereocenters. The molecule has 0 saturated heterocycles. The fraction of sp³-hybridized carbons (Fsp3) is 0.278. The molecule has 0 aliphatic heterocycles. The van der Waals surface area contributed by atoms with Crippen molar-refractivity contribution in [2.75, 3.05) is 30.9 Å². The minimum Gasteiger partial charge on any atom is -0.378 e. The number of amides is 1. The van der Waals surface area contributed by atoms with Crippen LogP contribution in [0.5, 0.6) is 0 Å². The molecule has 0 aliphatic carbocycles. The summed E-state index contributed by atoms with van der Waals surface area (Å²) in [6.07, 6.45) is 0. The number of para-hydroxylation sites is 1. The van der Waals surface area contributed by atoms with Crippen molar-refractivity contribution in [3.05, 3.63) is 59.7 Å². The minimum atomic E-state index is -0.0901. The minimum absolute atomic E-state index is 0.0901. The Bertz CT molecular complexity index is 638. The number of carbonyl (C=O) groups is 1. The molecule has 2 N–H and O–H groups in total. The van der Waals surface area contributed by atoms with Gasteiger partial charge in [0.05, 0.1) is 0 Å². The zero-order valence-corrected chi connectivity index (χ0v) is 13.4. The highest BCUT2D eigenvalue weighted by Gasteiger charge is 2.09. The Morgan fingerprint density at radius 1 is 1.09 bits per heavy atom. The Kier molecular flexibility index (Phi) is 5.55. The van der Waals surface area contributed by atoms with Gasteiger partial charge in [0.15, 0.2) is 0 Å². The molecule has 116 valence electrons. The average molecular weight is 297 g/mol. The van der Waals surface area contributed by atoms with E-state index in [1.165, 1.54) is 0 Å². The van der Waals surface area contributed by atoms with Crippen molar-refractivity contribution in [1.82, 2.24) is 5.32 Å². The molecule has 22 heavy (non-hydrogen) atoms. The van der Waals surface area contributed by atoms with E-state index >= 15 is 0 Å². The lowest BCUT2D eigenvalue weighted by Crippen LogP contribution is -2.17. The first kappa shape index (κ1) is 16.0. The highest BCUT2D eigenvalue weighted by molar-refractivity contribution is 6.05. The number of hydrogen-bond acceptors (Lipinski definition) is 3. The molecule has 0 aromatic heterocycles. The van der Waals surface area contributed by atoms with Gasteiger partial charge < -0.3 is 15.5 Å². The van der Waals surface area contributed by atoms with Gasteiger partial charge in [0.2, 0.25) is 0 Å². The van der Waals surface area contributed by atoms with Gasteiger partial charge in [-0.2, -0.15) is 0 Å². The summed E-state index contributed by atoms with van der Waals surface area (Å²) in [7, 11) is 3.92. The van der Waals surface area contributed by atoms with Crippen molar-refractivity contribution in [2.45, 2.75) is 13.5 Å². The van der Waals surface area contributed by atoms with Gasteiger partial charge in [0, 0.05) is 37.6 Å². The summed E-state index contributed by atoms with van der Waals surface area (Å²) in [5.41, 5.74) is 3.60. The van der Waals surface area contributed by atoms with Gasteiger partial charge in [-0.05, 0) is 36.4 Å². The standard InChI is InChI=1S/C18H23N3O/c1-4-19-13-15-8-5-6-11-17(15)20-18(22)14-9-7-10-16(12-14)21(2)3/h5-12,19H,4,13H2,1-3H3,(H,20,22). The molecule has 0 heterocycles. The van der Waals surface area contributed by atoms with Crippen LogP contribution in [0, 0.1) is 0 Å². The lowest BCUT2D eigenvalue weighted by Gasteiger charge is -2.14. The third-order valence-corrected chi connectivity index (χ3v) is 3.46. The highest BCUT2D eigenvalue weighted by atomic mass is 16.1. The molecule has 0 saturated carbocycles. The fourth-order valence-electron chi connectivity index (χ4n) is 2.18. The molecule has 0 radical (unpaired) electrons. The molecule has 1 amide bonds. The fourth-order valence-corrected chi connectivity index (χ4v) is 2.18. The molecule has 0 spiro atoms. The van der Waals surface area contributed by atoms with E-state index in [0.29, 0.717) is 5.56 Å². The molecule has 4 nitrogen and oxygen atoms in total. The first-order valence-corrected chi connectivity index (χ1v) is 7.49. The van der Waals surface area contributed by atoms with Gasteiger partial charge in [0.1, 0.15) is 0 Å². The van der Waals surface area contributed by atoms with E-state index in [9.17, 15) is 4.79 Å². The first-order valence-electron chi connectivity index (χ1n) is 7.49. The van der Waals surface area contributed by atoms with Crippen molar-refractivity contribution in [3.8, 4) is 0 Å². The number of nitrogens with one attached hydrogen (secondary N) is 2. The number of benzene rings is 2. The van der Waals surface area contributed by atoms with Crippen LogP contribution in [0.4, 0.5) is 11.4 Å². The number of rotatable bonds is 6. The summed E-state index contributed by atoms with van der Waals surface area (Å²) >= 11 is 0. The second-order valence-corrected chi connectivity index (χ2v) is 5.34. The van der Waals surface area contributed by atoms with Crippen LogP contribution < -0.4 is 15.5 Å². The number of nitrogens with zero attached hydrogens (tertiary/aromatic N) is 1. The molecular formula is C18H23N3O. The Morgan fingerprint density at radius 2 is 1.86 bits per heavy atom. The van der Waals surface area contributed by atoms with E-state index in [-0.39, 0.29) is 5.91 Å². The maximum absolute atomic E-state index is 12.5. The number of anilines is 2. The Labute approximate surface area is 132 Å². The van der Waals surface area contributed by atoms with Crippen molar-refractivity contribution in [3.63, 3.8) is 0 Å². The van der Waals surface area contributed by atoms with E-state index in [1.54, 1.807) is 0 Å². The van der Waals surface area contributed by atoms with Gasteiger partial charge in [-0.15, -0.1) is 0 Å². The second-order valence-electron chi connectivity index (χ2n) is 5.34. The monoisotopic (exact) mass is 297 g/mol. The number of hydrogen-bond donors (Lipinski definition) is 2. The lowest BCUT2D eigenvalue weighted by atomic mass is 10.1. The largest absolute Gasteiger partial charge is 0.378 e. The van der Waals surface area contributed by atoms with Crippen molar-refractivity contribution < 1.29 is 4.79 Å².